The first-order valence-electron chi connectivity index (χ1n) is 35.6. The van der Waals surface area contributed by atoms with E-state index in [1.54, 1.807) is 67.0 Å². The zero-order chi connectivity index (χ0) is 77.5. The van der Waals surface area contributed by atoms with E-state index in [4.69, 9.17) is 56.8 Å². The molecule has 12 aliphatic rings. The van der Waals surface area contributed by atoms with Gasteiger partial charge in [-0.2, -0.15) is 0 Å². The molecular formula is C76H101Br4N11O14. The first-order chi connectivity index (χ1) is 48.7. The number of nitrogens with one attached hydrogen (secondary N) is 2. The molecule has 8 bridgehead atoms. The molecule has 4 aromatic carbocycles. The van der Waals surface area contributed by atoms with Crippen LogP contribution in [0.2, 0.25) is 0 Å². The summed E-state index contributed by atoms with van der Waals surface area (Å²) in [5.74, 6) is -1.71. The second-order valence-corrected chi connectivity index (χ2v) is 36.7. The van der Waals surface area contributed by atoms with Crippen LogP contribution in [0.1, 0.15) is 179 Å². The lowest BCUT2D eigenvalue weighted by Crippen LogP contribution is -2.52. The SMILES string of the molecule is CC(=O)O.CC(C)(C)OC(=O)N1[C@@H]2CC[C@@H](C2)[C@H]1C(=O)Nc1cc(Br)ccc1N.CC(C)(C)OC(=O)N1[C@@H]2CC[C@@H](C2)[C@H]1C(=O)Nc1ccc(Br)cc1N.CC(C)(C)OC(=O)N1[C@@H]2CC[C@@H](C2)[C@H]1C(=O)O.CC(C)(C)OC(=O)N1[C@H](C2=Nc3ccc(Br)cc3C2)C23CCC1(C2)C3.Nc1ccc(Br)cc1N. The molecule has 29 heteroatoms. The maximum absolute atomic E-state index is 13.0. The largest absolute Gasteiger partial charge is 0.481 e. The highest BCUT2D eigenvalue weighted by Crippen LogP contribution is 2.74. The van der Waals surface area contributed by atoms with Gasteiger partial charge in [0, 0.05) is 66.0 Å². The van der Waals surface area contributed by atoms with Crippen LogP contribution >= 0.6 is 63.7 Å². The first-order valence-corrected chi connectivity index (χ1v) is 38.8. The molecule has 5 saturated heterocycles. The molecule has 572 valence electrons. The number of hydrogen-bond donors (Lipinski definition) is 8. The number of carbonyl (C=O) groups excluding carboxylic acids is 6. The number of halogens is 4. The monoisotopic (exact) mass is 1710 g/mol. The molecule has 11 fully saturated rings. The van der Waals surface area contributed by atoms with E-state index in [9.17, 15) is 38.7 Å². The van der Waals surface area contributed by atoms with Crippen LogP contribution in [0, 0.1) is 23.2 Å². The summed E-state index contributed by atoms with van der Waals surface area (Å²) in [5, 5.41) is 22.4. The summed E-state index contributed by atoms with van der Waals surface area (Å²) in [6.45, 7) is 23.2. The summed E-state index contributed by atoms with van der Waals surface area (Å²) < 4.78 is 25.8. The van der Waals surface area contributed by atoms with Gasteiger partial charge >= 0.3 is 30.3 Å². The molecule has 6 heterocycles. The fraction of sp³-hybridized carbons (Fsp3) is 0.566. The first kappa shape index (κ1) is 81.7. The maximum Gasteiger partial charge on any atom is 0.411 e. The van der Waals surface area contributed by atoms with Gasteiger partial charge in [0.25, 0.3) is 5.97 Å². The molecular weight excluding hydrogens is 1610 g/mol. The van der Waals surface area contributed by atoms with Gasteiger partial charge < -0.3 is 62.7 Å². The predicted molar refractivity (Wildman–Crippen MR) is 418 cm³/mol. The van der Waals surface area contributed by atoms with Crippen LogP contribution in [0.25, 0.3) is 0 Å². The number of nitrogens with zero attached hydrogens (tertiary/aromatic N) is 5. The summed E-state index contributed by atoms with van der Waals surface area (Å²) in [5.41, 5.74) is 27.7. The van der Waals surface area contributed by atoms with Gasteiger partial charge in [-0.3, -0.25) is 39.0 Å². The van der Waals surface area contributed by atoms with Crippen LogP contribution in [-0.2, 0) is 44.5 Å². The number of carbonyl (C=O) groups is 8. The van der Waals surface area contributed by atoms with Crippen molar-refractivity contribution >= 4 is 157 Å². The molecule has 4 aromatic rings. The fourth-order valence-corrected chi connectivity index (χ4v) is 18.2. The number of rotatable bonds is 6. The van der Waals surface area contributed by atoms with Crippen molar-refractivity contribution in [3.8, 4) is 0 Å². The number of nitrogens with two attached hydrogens (primary N) is 4. The summed E-state index contributed by atoms with van der Waals surface area (Å²) in [6.07, 6.45) is 12.0. The van der Waals surface area contributed by atoms with Gasteiger partial charge in [-0.15, -0.1) is 0 Å². The summed E-state index contributed by atoms with van der Waals surface area (Å²) in [4.78, 5) is 108. The lowest BCUT2D eigenvalue weighted by molar-refractivity contribution is -0.144. The quantitative estimate of drug-likeness (QED) is 0.0656. The highest BCUT2D eigenvalue weighted by Gasteiger charge is 2.77. The number of likely N-dealkylation sites (tertiary alicyclic amines) is 3. The van der Waals surface area contributed by atoms with Crippen molar-refractivity contribution < 1.29 is 67.5 Å². The third-order valence-corrected chi connectivity index (χ3v) is 22.3. The average Bonchev–Trinajstić information content (AvgIpc) is 1.48. The van der Waals surface area contributed by atoms with Crippen molar-refractivity contribution in [1.82, 2.24) is 19.6 Å². The van der Waals surface area contributed by atoms with Gasteiger partial charge in [0.1, 0.15) is 40.5 Å². The Morgan fingerprint density at radius 2 is 0.876 bits per heavy atom. The highest BCUT2D eigenvalue weighted by atomic mass is 79.9. The molecule has 105 heavy (non-hydrogen) atoms. The molecule has 6 aliphatic heterocycles. The Labute approximate surface area is 648 Å². The van der Waals surface area contributed by atoms with Gasteiger partial charge in [-0.1, -0.05) is 63.7 Å². The lowest BCUT2D eigenvalue weighted by atomic mass is 9.66. The van der Waals surface area contributed by atoms with E-state index < -0.39 is 70.7 Å². The van der Waals surface area contributed by atoms with Crippen molar-refractivity contribution in [1.29, 1.82) is 0 Å². The molecule has 6 aliphatic carbocycles. The number of anilines is 6. The van der Waals surface area contributed by atoms with E-state index >= 15 is 0 Å². The maximum atomic E-state index is 13.0. The van der Waals surface area contributed by atoms with Gasteiger partial charge in [0.2, 0.25) is 11.8 Å². The van der Waals surface area contributed by atoms with Crippen LogP contribution in [0.5, 0.6) is 0 Å². The van der Waals surface area contributed by atoms with Crippen LogP contribution in [-0.4, -0.2) is 154 Å². The molecule has 0 spiro atoms. The van der Waals surface area contributed by atoms with E-state index in [1.165, 1.54) is 16.9 Å². The molecule has 16 rings (SSSR count). The minimum Gasteiger partial charge on any atom is -0.481 e. The second kappa shape index (κ2) is 31.8. The number of nitrogen functional groups attached to an aromatic ring is 4. The molecule has 10 atom stereocenters. The molecule has 0 radical (unpaired) electrons. The predicted octanol–water partition coefficient (Wildman–Crippen LogP) is 16.1. The number of aliphatic carboxylic acids is 2. The number of piperidine rings is 4. The summed E-state index contributed by atoms with van der Waals surface area (Å²) in [7, 11) is 0. The van der Waals surface area contributed by atoms with Gasteiger partial charge in [-0.05, 0) is 263 Å². The second-order valence-electron chi connectivity index (χ2n) is 33.0. The molecule has 0 unspecified atom stereocenters. The van der Waals surface area contributed by atoms with Crippen LogP contribution in [0.3, 0.4) is 0 Å². The fourth-order valence-electron chi connectivity index (χ4n) is 16.7. The normalized spacial score (nSPS) is 26.4. The van der Waals surface area contributed by atoms with Crippen molar-refractivity contribution in [3.63, 3.8) is 0 Å². The highest BCUT2D eigenvalue weighted by molar-refractivity contribution is 9.11. The van der Waals surface area contributed by atoms with Crippen molar-refractivity contribution in [2.24, 2.45) is 28.2 Å². The Hall–Kier alpha value is -7.37. The van der Waals surface area contributed by atoms with E-state index in [0.717, 1.165) is 120 Å². The van der Waals surface area contributed by atoms with Gasteiger partial charge in [-0.25, -0.2) is 24.0 Å². The summed E-state index contributed by atoms with van der Waals surface area (Å²) in [6, 6.07) is 20.9. The van der Waals surface area contributed by atoms with Crippen LogP contribution in [0.4, 0.5) is 59.0 Å². The molecule has 25 nitrogen and oxygen atoms in total. The Bertz CT molecular complexity index is 4010. The van der Waals surface area contributed by atoms with Crippen molar-refractivity contribution in [2.75, 3.05) is 33.6 Å². The van der Waals surface area contributed by atoms with E-state index in [2.05, 4.69) is 91.4 Å². The Balaban J connectivity index is 0.000000154. The minimum atomic E-state index is -0.914. The zero-order valence-electron chi connectivity index (χ0n) is 62.0. The molecule has 12 N–H and O–H groups in total. The van der Waals surface area contributed by atoms with Crippen LogP contribution < -0.4 is 33.6 Å². The van der Waals surface area contributed by atoms with Gasteiger partial charge in [0.15, 0.2) is 0 Å². The molecule has 6 saturated carbocycles. The Kier molecular flexibility index (Phi) is 24.8. The number of amides is 6. The van der Waals surface area contributed by atoms with E-state index in [-0.39, 0.29) is 70.8 Å². The molecule has 0 aromatic heterocycles. The number of hydrogen-bond acceptors (Lipinski definition) is 17. The average molecular weight is 1710 g/mol. The zero-order valence-corrected chi connectivity index (χ0v) is 68.3. The van der Waals surface area contributed by atoms with E-state index in [1.807, 2.05) is 86.6 Å². The number of carboxylic acid groups (broad SMARTS) is 2. The number of aliphatic imine (C=N–C) groups is 1. The van der Waals surface area contributed by atoms with Gasteiger partial charge in [0.05, 0.1) is 45.9 Å². The standard InChI is InChI=1S/C20H23BrN2O2.2C18H24BrN3O3.C12H19NO4.C6H7BrN2.C2H4O2/c1-18(2,3)25-17(24)23-16(19-6-7-20(23,10-19)11-19)15-9-12-8-13(21)4-5-14(12)22-15;1-18(2,3)25-17(24)22-12-6-4-10(8-12)15(22)16(23)21-14-7-5-11(19)9-13(14)20;1-18(2,3)25-17(24)22-12-6-4-10(8-12)15(22)16(23)21-14-9-11(19)5-7-13(14)20;1-12(2,3)17-11(16)13-8-5-4-7(6-8)9(13)10(14)15;7-4-1-2-5(8)6(9)3-4;1-2(3)4/h4-5,8,16H,6-7,9-11H2,1-3H3;2*5,7,9-10,12,15H,4,6,8,20H2,1-3H3,(H,21,23);7-9H,4-6H2,1-3H3,(H,14,15);1-3H,8-9H2;1H3,(H,3,4)/t16-,19?,20?;2*10-,12+,15-;7-,8+,9-;;/m1000../s1. The van der Waals surface area contributed by atoms with Crippen LogP contribution in [0.15, 0.2) is 95.7 Å². The topological polar surface area (TPSA) is 367 Å². The molecule has 6 amide bonds. The minimum absolute atomic E-state index is 0.0326. The lowest BCUT2D eigenvalue weighted by Gasteiger charge is -2.38. The third-order valence-electron chi connectivity index (χ3n) is 20.3. The smallest absolute Gasteiger partial charge is 0.411 e. The number of benzene rings is 4. The number of ether oxygens (including phenoxy) is 4. The third kappa shape index (κ3) is 19.5. The Morgan fingerprint density at radius 3 is 1.31 bits per heavy atom. The number of carboxylic acids is 2. The number of fused-ring (bicyclic) bond motifs is 9. The van der Waals surface area contributed by atoms with E-state index in [0.29, 0.717) is 34.1 Å². The Morgan fingerprint density at radius 1 is 0.486 bits per heavy atom. The summed E-state index contributed by atoms with van der Waals surface area (Å²) >= 11 is 13.5. The van der Waals surface area contributed by atoms with Crippen molar-refractivity contribution in [2.45, 2.75) is 250 Å². The van der Waals surface area contributed by atoms with Crippen molar-refractivity contribution in [3.05, 3.63) is 96.3 Å².